The zero-order valence-corrected chi connectivity index (χ0v) is 26.7. The average Bonchev–Trinajstić information content (AvgIpc) is 3.16. The lowest BCUT2D eigenvalue weighted by Crippen LogP contribution is -2.66. The molecule has 1 spiro atoms. The number of fused-ring (bicyclic) bond motifs is 4. The van der Waals surface area contributed by atoms with Crippen molar-refractivity contribution in [3.63, 3.8) is 0 Å². The van der Waals surface area contributed by atoms with Crippen LogP contribution in [0.25, 0.3) is 0 Å². The van der Waals surface area contributed by atoms with Gasteiger partial charge in [0.2, 0.25) is 11.8 Å². The first-order valence-electron chi connectivity index (χ1n) is 17.0. The Balaban J connectivity index is 1.05. The molecule has 2 aliphatic heterocycles. The fourth-order valence-electron chi connectivity index (χ4n) is 10.6. The van der Waals surface area contributed by atoms with Gasteiger partial charge in [0.25, 0.3) is 5.91 Å². The predicted octanol–water partition coefficient (Wildman–Crippen LogP) is 4.56. The second kappa shape index (κ2) is 10.2. The van der Waals surface area contributed by atoms with E-state index in [1.807, 2.05) is 69.3 Å². The van der Waals surface area contributed by atoms with Gasteiger partial charge >= 0.3 is 7.12 Å². The average molecular weight is 610 g/mol. The van der Waals surface area contributed by atoms with Crippen LogP contribution in [0.3, 0.4) is 0 Å². The fraction of sp³-hybridized carbons (Fsp3) is 0.583. The number of carbonyl (C=O) groups is 3. The fourth-order valence-corrected chi connectivity index (χ4v) is 10.6. The zero-order chi connectivity index (χ0) is 31.3. The van der Waals surface area contributed by atoms with Crippen LogP contribution in [0.5, 0.6) is 0 Å². The summed E-state index contributed by atoms with van der Waals surface area (Å²) in [6.07, 6.45) is 4.41. The number of amides is 3. The molecular weight excluding hydrogens is 565 g/mol. The van der Waals surface area contributed by atoms with Crippen LogP contribution in [0.1, 0.15) is 81.8 Å². The third-order valence-corrected chi connectivity index (χ3v) is 12.9. The molecule has 6 fully saturated rings. The molecule has 0 radical (unpaired) electrons. The zero-order valence-electron chi connectivity index (χ0n) is 26.7. The van der Waals surface area contributed by atoms with E-state index >= 15 is 0 Å². The summed E-state index contributed by atoms with van der Waals surface area (Å²) < 4.78 is 13.5. The van der Waals surface area contributed by atoms with E-state index in [-0.39, 0.29) is 41.3 Å². The van der Waals surface area contributed by atoms with Crippen molar-refractivity contribution >= 4 is 24.8 Å². The van der Waals surface area contributed by atoms with Crippen LogP contribution in [-0.2, 0) is 18.9 Å². The molecule has 10 atom stereocenters. The molecule has 0 bridgehead atoms. The second-order valence-corrected chi connectivity index (χ2v) is 15.0. The number of benzene rings is 2. The van der Waals surface area contributed by atoms with Crippen LogP contribution < -0.4 is 10.6 Å². The first-order valence-corrected chi connectivity index (χ1v) is 17.0. The van der Waals surface area contributed by atoms with Crippen LogP contribution in [0, 0.1) is 35.0 Å². The van der Waals surface area contributed by atoms with Crippen molar-refractivity contribution in [1.82, 2.24) is 15.5 Å². The number of likely N-dealkylation sites (tertiary alicyclic amines) is 1. The number of hydrogen-bond acceptors (Lipinski definition) is 5. The minimum absolute atomic E-state index is 0.0932. The van der Waals surface area contributed by atoms with Gasteiger partial charge in [0.15, 0.2) is 0 Å². The van der Waals surface area contributed by atoms with E-state index in [1.165, 1.54) is 12.8 Å². The Kier molecular flexibility index (Phi) is 6.61. The number of carbonyl (C=O) groups excluding carboxylic acids is 3. The minimum atomic E-state index is -1.13. The molecule has 2 heterocycles. The summed E-state index contributed by atoms with van der Waals surface area (Å²) in [6.45, 7) is 8.63. The molecule has 6 aliphatic rings. The van der Waals surface area contributed by atoms with Crippen LogP contribution in [0.2, 0.25) is 0 Å². The molecule has 2 saturated heterocycles. The van der Waals surface area contributed by atoms with Crippen LogP contribution >= 0.6 is 0 Å². The molecule has 2 N–H and O–H groups in total. The number of nitrogens with zero attached hydrogens (tertiary/aromatic N) is 1. The summed E-state index contributed by atoms with van der Waals surface area (Å²) in [5, 5.41) is 6.40. The molecule has 4 aliphatic carbocycles. The van der Waals surface area contributed by atoms with Crippen molar-refractivity contribution in [2.75, 3.05) is 6.54 Å². The molecule has 2 aromatic carbocycles. The summed E-state index contributed by atoms with van der Waals surface area (Å²) in [5.41, 5.74) is 0.321. The normalized spacial score (nSPS) is 38.3. The van der Waals surface area contributed by atoms with Gasteiger partial charge < -0.3 is 24.8 Å². The van der Waals surface area contributed by atoms with Gasteiger partial charge in [-0.1, -0.05) is 69.3 Å². The van der Waals surface area contributed by atoms with Gasteiger partial charge in [-0.25, -0.2) is 0 Å². The Bertz CT molecular complexity index is 1520. The maximum Gasteiger partial charge on any atom is 0.481 e. The lowest BCUT2D eigenvalue weighted by molar-refractivity contribution is -0.151. The van der Waals surface area contributed by atoms with Gasteiger partial charge in [0, 0.05) is 12.1 Å². The number of piperidine rings is 1. The molecule has 8 rings (SSSR count). The van der Waals surface area contributed by atoms with Gasteiger partial charge in [-0.3, -0.25) is 14.4 Å². The van der Waals surface area contributed by atoms with Crippen molar-refractivity contribution in [3.05, 3.63) is 71.8 Å². The highest BCUT2D eigenvalue weighted by atomic mass is 16.7. The van der Waals surface area contributed by atoms with Gasteiger partial charge in [-0.05, 0) is 91.7 Å². The number of hydrogen-bond donors (Lipinski definition) is 2. The van der Waals surface area contributed by atoms with E-state index in [0.29, 0.717) is 48.6 Å². The molecule has 0 aromatic heterocycles. The molecule has 2 aromatic rings. The lowest BCUT2D eigenvalue weighted by atomic mass is 9.63. The van der Waals surface area contributed by atoms with Gasteiger partial charge in [0.05, 0.1) is 17.6 Å². The smallest absolute Gasteiger partial charge is 0.404 e. The van der Waals surface area contributed by atoms with Crippen LogP contribution in [0.4, 0.5) is 0 Å². The van der Waals surface area contributed by atoms with E-state index < -0.39 is 18.7 Å². The quantitative estimate of drug-likeness (QED) is 0.407. The maximum atomic E-state index is 14.6. The van der Waals surface area contributed by atoms with E-state index in [4.69, 9.17) is 9.31 Å². The summed E-state index contributed by atoms with van der Waals surface area (Å²) in [6, 6.07) is 17.6. The van der Waals surface area contributed by atoms with Crippen molar-refractivity contribution < 1.29 is 23.7 Å². The SMILES string of the molecule is CC[C@H](NC(=O)[C@H](c1ccccc1)N1CCCC(NC(=O)c2ccccc2)(C(C)C)C1=O)B1OC2C3C[C@@H]4C5C[C@@H](C354)[C@]2(C)O1. The minimum Gasteiger partial charge on any atom is -0.404 e. The molecule has 4 saturated carbocycles. The van der Waals surface area contributed by atoms with E-state index in [0.717, 1.165) is 17.4 Å². The number of rotatable bonds is 9. The topological polar surface area (TPSA) is 97.0 Å². The van der Waals surface area contributed by atoms with Crippen molar-refractivity contribution in [3.8, 4) is 0 Å². The Hall–Kier alpha value is -3.17. The second-order valence-electron chi connectivity index (χ2n) is 15.0. The van der Waals surface area contributed by atoms with Crippen LogP contribution in [-0.4, -0.2) is 59.5 Å². The molecule has 236 valence electrons. The third kappa shape index (κ3) is 3.89. The Labute approximate surface area is 266 Å². The molecule has 9 heteroatoms. The van der Waals surface area contributed by atoms with Crippen molar-refractivity contribution in [1.29, 1.82) is 0 Å². The highest BCUT2D eigenvalue weighted by Gasteiger charge is 2.93. The largest absolute Gasteiger partial charge is 0.481 e. The molecule has 3 amide bonds. The van der Waals surface area contributed by atoms with Gasteiger partial charge in [-0.15, -0.1) is 0 Å². The maximum absolute atomic E-state index is 14.6. The highest BCUT2D eigenvalue weighted by molar-refractivity contribution is 6.48. The van der Waals surface area contributed by atoms with Gasteiger partial charge in [0.1, 0.15) is 11.6 Å². The van der Waals surface area contributed by atoms with Crippen molar-refractivity contribution in [2.45, 2.75) is 89.0 Å². The van der Waals surface area contributed by atoms with E-state index in [2.05, 4.69) is 17.6 Å². The summed E-state index contributed by atoms with van der Waals surface area (Å²) in [5.74, 6) is 1.65. The molecule has 8 nitrogen and oxygen atoms in total. The molecule has 5 unspecified atom stereocenters. The monoisotopic (exact) mass is 609 g/mol. The Morgan fingerprint density at radius 2 is 1.71 bits per heavy atom. The Morgan fingerprint density at radius 1 is 1.02 bits per heavy atom. The molecule has 45 heavy (non-hydrogen) atoms. The summed E-state index contributed by atoms with van der Waals surface area (Å²) in [7, 11) is -0.517. The highest BCUT2D eigenvalue weighted by Crippen LogP contribution is 2.94. The predicted molar refractivity (Wildman–Crippen MR) is 170 cm³/mol. The van der Waals surface area contributed by atoms with E-state index in [1.54, 1.807) is 17.0 Å². The van der Waals surface area contributed by atoms with E-state index in [9.17, 15) is 14.4 Å². The summed E-state index contributed by atoms with van der Waals surface area (Å²) in [4.78, 5) is 44.1. The number of nitrogens with one attached hydrogen (secondary N) is 2. The van der Waals surface area contributed by atoms with Gasteiger partial charge in [-0.2, -0.15) is 0 Å². The first-order chi connectivity index (χ1) is 21.7. The third-order valence-electron chi connectivity index (χ3n) is 12.9. The first kappa shape index (κ1) is 29.3. The van der Waals surface area contributed by atoms with Crippen LogP contribution in [0.15, 0.2) is 60.7 Å². The lowest BCUT2D eigenvalue weighted by Gasteiger charge is -2.47. The summed E-state index contributed by atoms with van der Waals surface area (Å²) >= 11 is 0. The molecular formula is C36H44BN3O5. The van der Waals surface area contributed by atoms with Crippen molar-refractivity contribution in [2.24, 2.45) is 35.0 Å². The Morgan fingerprint density at radius 3 is 2.36 bits per heavy atom. The standard InChI is InChI=1S/C36H44BN3O5/c1-5-28(37-44-30-26-19-24-25-20-27(36(24,25)26)34(30,4)45-37)38-32(42)29(22-13-8-6-9-14-22)40-18-12-17-35(21(2)3,33(40)43)39-31(41)23-15-10-7-11-16-23/h6-11,13-16,21,24-30H,5,12,17-20H2,1-4H3,(H,38,42)(H,39,41)/t24-,25?,26?,27-,28+,29+,30?,34+,35?,36?/m1/s1.